The molecular formula is C23H23NO2. The number of ether oxygens (including phenoxy) is 1. The third kappa shape index (κ3) is 2.47. The van der Waals surface area contributed by atoms with Crippen molar-refractivity contribution in [2.24, 2.45) is 0 Å². The number of rotatable bonds is 3. The number of methoxy groups -OCH3 is 1. The Morgan fingerprint density at radius 2 is 1.88 bits per heavy atom. The van der Waals surface area contributed by atoms with Gasteiger partial charge in [-0.3, -0.25) is 0 Å². The smallest absolute Gasteiger partial charge is 0.337 e. The van der Waals surface area contributed by atoms with Crippen LogP contribution in [-0.4, -0.2) is 17.6 Å². The van der Waals surface area contributed by atoms with Crippen molar-refractivity contribution in [3.05, 3.63) is 77.0 Å². The Kier molecular flexibility index (Phi) is 3.95. The van der Waals surface area contributed by atoms with Crippen molar-refractivity contribution in [2.75, 3.05) is 7.11 Å². The first kappa shape index (κ1) is 16.6. The van der Waals surface area contributed by atoms with Crippen LogP contribution in [0.25, 0.3) is 16.5 Å². The fourth-order valence-corrected chi connectivity index (χ4v) is 4.12. The van der Waals surface area contributed by atoms with Crippen molar-refractivity contribution >= 4 is 22.4 Å². The maximum atomic E-state index is 11.9. The van der Waals surface area contributed by atoms with E-state index in [4.69, 9.17) is 4.74 Å². The summed E-state index contributed by atoms with van der Waals surface area (Å²) in [6.07, 6.45) is 2.35. The van der Waals surface area contributed by atoms with E-state index < -0.39 is 0 Å². The number of carbonyl (C=O) groups excluding carboxylic acids is 1. The molecule has 0 amide bonds. The van der Waals surface area contributed by atoms with Gasteiger partial charge in [0.05, 0.1) is 12.7 Å². The van der Waals surface area contributed by atoms with Crippen LogP contribution in [0.15, 0.2) is 54.6 Å². The second-order valence-electron chi connectivity index (χ2n) is 7.21. The summed E-state index contributed by atoms with van der Waals surface area (Å²) in [5, 5.41) is 1.08. The van der Waals surface area contributed by atoms with Crippen LogP contribution in [0.3, 0.4) is 0 Å². The molecular weight excluding hydrogens is 322 g/mol. The number of carbonyl (C=O) groups is 1. The van der Waals surface area contributed by atoms with Crippen LogP contribution in [-0.2, 0) is 4.74 Å². The quantitative estimate of drug-likeness (QED) is 0.582. The van der Waals surface area contributed by atoms with Crippen molar-refractivity contribution in [1.29, 1.82) is 0 Å². The molecule has 0 spiro atoms. The molecule has 0 aliphatic heterocycles. The second kappa shape index (κ2) is 6.17. The molecule has 0 radical (unpaired) electrons. The van der Waals surface area contributed by atoms with E-state index in [-0.39, 0.29) is 11.9 Å². The lowest BCUT2D eigenvalue weighted by Crippen LogP contribution is -2.09. The van der Waals surface area contributed by atoms with Crippen molar-refractivity contribution in [3.63, 3.8) is 0 Å². The fraction of sp³-hybridized carbons (Fsp3) is 0.261. The molecule has 1 unspecified atom stereocenters. The zero-order chi connectivity index (χ0) is 18.4. The first-order valence-electron chi connectivity index (χ1n) is 9.02. The lowest BCUT2D eigenvalue weighted by atomic mass is 9.97. The summed E-state index contributed by atoms with van der Waals surface area (Å²) in [5.41, 5.74) is 7.00. The first-order valence-corrected chi connectivity index (χ1v) is 9.02. The van der Waals surface area contributed by atoms with Gasteiger partial charge in [0.1, 0.15) is 0 Å². The monoisotopic (exact) mass is 345 g/mol. The Hall–Kier alpha value is -2.81. The standard InChI is InChI=1S/C23H23NO2/c1-14(2)24-21-10-9-16(23(25)26-4)12-17(21)13-22(24)20-11-15(3)18-7-5-6-8-19(18)20/h5-14,20H,1-4H3. The van der Waals surface area contributed by atoms with E-state index in [2.05, 4.69) is 61.7 Å². The van der Waals surface area contributed by atoms with Gasteiger partial charge in [0, 0.05) is 28.6 Å². The SMILES string of the molecule is COC(=O)c1ccc2c(c1)cc(C1C=C(C)c3ccccc31)n2C(C)C. The van der Waals surface area contributed by atoms with Crippen LogP contribution in [0.2, 0.25) is 0 Å². The lowest BCUT2D eigenvalue weighted by molar-refractivity contribution is 0.0601. The molecule has 26 heavy (non-hydrogen) atoms. The molecule has 1 aromatic heterocycles. The lowest BCUT2D eigenvalue weighted by Gasteiger charge is -2.19. The van der Waals surface area contributed by atoms with E-state index in [1.54, 1.807) is 0 Å². The predicted molar refractivity (Wildman–Crippen MR) is 106 cm³/mol. The summed E-state index contributed by atoms with van der Waals surface area (Å²) in [7, 11) is 1.42. The molecule has 2 aromatic carbocycles. The summed E-state index contributed by atoms with van der Waals surface area (Å²) in [6.45, 7) is 6.58. The summed E-state index contributed by atoms with van der Waals surface area (Å²) in [4.78, 5) is 11.9. The Morgan fingerprint density at radius 3 is 2.62 bits per heavy atom. The highest BCUT2D eigenvalue weighted by Gasteiger charge is 2.26. The highest BCUT2D eigenvalue weighted by molar-refractivity contribution is 5.95. The maximum Gasteiger partial charge on any atom is 0.337 e. The van der Waals surface area contributed by atoms with Gasteiger partial charge in [-0.05, 0) is 61.7 Å². The fourth-order valence-electron chi connectivity index (χ4n) is 4.12. The van der Waals surface area contributed by atoms with Crippen LogP contribution < -0.4 is 0 Å². The molecule has 0 bridgehead atoms. The molecule has 132 valence electrons. The zero-order valence-corrected chi connectivity index (χ0v) is 15.6. The molecule has 0 fully saturated rings. The van der Waals surface area contributed by atoms with Crippen LogP contribution in [0, 0.1) is 0 Å². The van der Waals surface area contributed by atoms with Crippen molar-refractivity contribution in [3.8, 4) is 0 Å². The van der Waals surface area contributed by atoms with Crippen molar-refractivity contribution in [2.45, 2.75) is 32.7 Å². The first-order chi connectivity index (χ1) is 12.5. The van der Waals surface area contributed by atoms with Gasteiger partial charge in [-0.2, -0.15) is 0 Å². The van der Waals surface area contributed by atoms with Crippen LogP contribution in [0.5, 0.6) is 0 Å². The van der Waals surface area contributed by atoms with E-state index in [0.29, 0.717) is 11.6 Å². The van der Waals surface area contributed by atoms with Crippen molar-refractivity contribution < 1.29 is 9.53 Å². The molecule has 0 saturated carbocycles. The number of hydrogen-bond acceptors (Lipinski definition) is 2. The Bertz CT molecular complexity index is 1040. The summed E-state index contributed by atoms with van der Waals surface area (Å²) >= 11 is 0. The van der Waals surface area contributed by atoms with E-state index in [9.17, 15) is 4.79 Å². The minimum Gasteiger partial charge on any atom is -0.465 e. The number of fused-ring (bicyclic) bond motifs is 2. The third-order valence-electron chi connectivity index (χ3n) is 5.26. The van der Waals surface area contributed by atoms with Crippen LogP contribution >= 0.6 is 0 Å². The number of benzene rings is 2. The van der Waals surface area contributed by atoms with Gasteiger partial charge in [0.15, 0.2) is 0 Å². The molecule has 1 aliphatic carbocycles. The van der Waals surface area contributed by atoms with E-state index >= 15 is 0 Å². The molecule has 3 nitrogen and oxygen atoms in total. The van der Waals surface area contributed by atoms with Gasteiger partial charge in [-0.25, -0.2) is 4.79 Å². The number of allylic oxidation sites excluding steroid dienone is 2. The predicted octanol–water partition coefficient (Wildman–Crippen LogP) is 5.56. The highest BCUT2D eigenvalue weighted by atomic mass is 16.5. The van der Waals surface area contributed by atoms with Gasteiger partial charge in [0.2, 0.25) is 0 Å². The van der Waals surface area contributed by atoms with Gasteiger partial charge >= 0.3 is 5.97 Å². The number of esters is 1. The minimum atomic E-state index is -0.298. The Labute approximate surface area is 153 Å². The number of nitrogens with zero attached hydrogens (tertiary/aromatic N) is 1. The Morgan fingerprint density at radius 1 is 1.12 bits per heavy atom. The average molecular weight is 345 g/mol. The molecule has 0 saturated heterocycles. The van der Waals surface area contributed by atoms with Crippen molar-refractivity contribution in [1.82, 2.24) is 4.57 Å². The second-order valence-corrected chi connectivity index (χ2v) is 7.21. The largest absolute Gasteiger partial charge is 0.465 e. The van der Waals surface area contributed by atoms with E-state index in [1.165, 1.54) is 29.5 Å². The molecule has 1 heterocycles. The third-order valence-corrected chi connectivity index (χ3v) is 5.26. The summed E-state index contributed by atoms with van der Waals surface area (Å²) in [5.74, 6) is -0.0599. The van der Waals surface area contributed by atoms with Gasteiger partial charge in [-0.15, -0.1) is 0 Å². The number of aromatic nitrogens is 1. The van der Waals surface area contributed by atoms with Gasteiger partial charge in [0.25, 0.3) is 0 Å². The average Bonchev–Trinajstić information content (AvgIpc) is 3.18. The zero-order valence-electron chi connectivity index (χ0n) is 15.6. The maximum absolute atomic E-state index is 11.9. The molecule has 1 aliphatic rings. The molecule has 1 atom stereocenters. The molecule has 4 rings (SSSR count). The normalized spacial score (nSPS) is 16.0. The highest BCUT2D eigenvalue weighted by Crippen LogP contribution is 2.42. The number of hydrogen-bond donors (Lipinski definition) is 0. The topological polar surface area (TPSA) is 31.2 Å². The molecule has 3 aromatic rings. The summed E-state index contributed by atoms with van der Waals surface area (Å²) in [6, 6.07) is 17.0. The van der Waals surface area contributed by atoms with Gasteiger partial charge in [-0.1, -0.05) is 30.3 Å². The van der Waals surface area contributed by atoms with E-state index in [0.717, 1.165) is 10.9 Å². The van der Waals surface area contributed by atoms with Crippen LogP contribution in [0.1, 0.15) is 59.9 Å². The van der Waals surface area contributed by atoms with Crippen LogP contribution in [0.4, 0.5) is 0 Å². The summed E-state index contributed by atoms with van der Waals surface area (Å²) < 4.78 is 7.26. The molecule has 0 N–H and O–H groups in total. The molecule has 3 heteroatoms. The minimum absolute atomic E-state index is 0.238. The van der Waals surface area contributed by atoms with Gasteiger partial charge < -0.3 is 9.30 Å². The Balaban J connectivity index is 1.93. The van der Waals surface area contributed by atoms with E-state index in [1.807, 2.05) is 18.2 Å².